The van der Waals surface area contributed by atoms with Crippen molar-refractivity contribution < 1.29 is 9.53 Å². The minimum atomic E-state index is 0.240. The Morgan fingerprint density at radius 2 is 2.32 bits per heavy atom. The minimum Gasteiger partial charge on any atom is -0.377 e. The van der Waals surface area contributed by atoms with Crippen molar-refractivity contribution in [2.45, 2.75) is 50.8 Å². The van der Waals surface area contributed by atoms with Crippen molar-refractivity contribution >= 4 is 17.2 Å². The first-order valence-corrected chi connectivity index (χ1v) is 10.5. The van der Waals surface area contributed by atoms with Crippen LogP contribution in [0.15, 0.2) is 16.8 Å². The monoisotopic (exact) mass is 363 g/mol. The highest BCUT2D eigenvalue weighted by atomic mass is 32.1. The van der Waals surface area contributed by atoms with Crippen molar-refractivity contribution in [3.05, 3.63) is 22.4 Å². The van der Waals surface area contributed by atoms with Gasteiger partial charge >= 0.3 is 0 Å². The molecule has 0 bridgehead atoms. The molecule has 3 aliphatic rings. The summed E-state index contributed by atoms with van der Waals surface area (Å²) >= 11 is 1.71. The molecule has 2 atom stereocenters. The Morgan fingerprint density at radius 1 is 1.44 bits per heavy atom. The summed E-state index contributed by atoms with van der Waals surface area (Å²) in [6, 6.07) is 2.56. The van der Waals surface area contributed by atoms with Crippen LogP contribution < -0.4 is 10.6 Å². The van der Waals surface area contributed by atoms with Gasteiger partial charge in [0.25, 0.3) is 0 Å². The van der Waals surface area contributed by atoms with Gasteiger partial charge in [-0.05, 0) is 73.0 Å². The number of ether oxygens (including phenoxy) is 1. The second-order valence-electron chi connectivity index (χ2n) is 7.75. The fourth-order valence-corrected chi connectivity index (χ4v) is 5.09. The molecule has 1 amide bonds. The quantitative estimate of drug-likeness (QED) is 0.778. The standard InChI is InChI=1S/C19H29N3O2S/c23-18(12-21-11-16-2-1-8-24-16)22(13-15-3-9-25-14-15)17-10-19(17)4-6-20-7-5-19/h3,9,14,16-17,20-21H,1-2,4-8,10-13H2/t16-,17-/m0/s1. The van der Waals surface area contributed by atoms with Crippen LogP contribution in [0.1, 0.15) is 37.7 Å². The smallest absolute Gasteiger partial charge is 0.237 e. The molecule has 5 nitrogen and oxygen atoms in total. The summed E-state index contributed by atoms with van der Waals surface area (Å²) < 4.78 is 5.64. The fourth-order valence-electron chi connectivity index (χ4n) is 4.43. The Balaban J connectivity index is 1.35. The summed E-state index contributed by atoms with van der Waals surface area (Å²) in [6.07, 6.45) is 6.12. The molecule has 6 heteroatoms. The molecule has 138 valence electrons. The molecule has 2 N–H and O–H groups in total. The number of carbonyl (C=O) groups excluding carboxylic acids is 1. The zero-order valence-electron chi connectivity index (χ0n) is 14.8. The minimum absolute atomic E-state index is 0.240. The van der Waals surface area contributed by atoms with Crippen LogP contribution in [0.3, 0.4) is 0 Å². The van der Waals surface area contributed by atoms with Crippen molar-refractivity contribution in [1.82, 2.24) is 15.5 Å². The summed E-state index contributed by atoms with van der Waals surface area (Å²) in [6.45, 7) is 5.02. The van der Waals surface area contributed by atoms with E-state index in [0.29, 0.717) is 18.0 Å². The topological polar surface area (TPSA) is 53.6 Å². The van der Waals surface area contributed by atoms with Gasteiger partial charge in [0.15, 0.2) is 0 Å². The molecule has 4 rings (SSSR count). The van der Waals surface area contributed by atoms with E-state index < -0.39 is 0 Å². The van der Waals surface area contributed by atoms with Gasteiger partial charge in [-0.2, -0.15) is 11.3 Å². The van der Waals surface area contributed by atoms with Crippen molar-refractivity contribution in [3.8, 4) is 0 Å². The van der Waals surface area contributed by atoms with Gasteiger partial charge in [0.2, 0.25) is 5.91 Å². The second-order valence-corrected chi connectivity index (χ2v) is 8.53. The van der Waals surface area contributed by atoms with E-state index >= 15 is 0 Å². The van der Waals surface area contributed by atoms with Crippen molar-refractivity contribution in [1.29, 1.82) is 0 Å². The van der Waals surface area contributed by atoms with Gasteiger partial charge < -0.3 is 20.3 Å². The Kier molecular flexibility index (Phi) is 5.41. The van der Waals surface area contributed by atoms with Gasteiger partial charge in [0, 0.05) is 25.7 Å². The molecule has 1 spiro atoms. The van der Waals surface area contributed by atoms with Crippen molar-refractivity contribution in [2.24, 2.45) is 5.41 Å². The highest BCUT2D eigenvalue weighted by Gasteiger charge is 2.57. The average molecular weight is 364 g/mol. The van der Waals surface area contributed by atoms with E-state index in [1.807, 2.05) is 0 Å². The zero-order valence-corrected chi connectivity index (χ0v) is 15.7. The maximum atomic E-state index is 13.0. The molecule has 2 aliphatic heterocycles. The number of carbonyl (C=O) groups is 1. The Morgan fingerprint density at radius 3 is 3.04 bits per heavy atom. The number of hydrogen-bond donors (Lipinski definition) is 2. The van der Waals surface area contributed by atoms with Gasteiger partial charge in [-0.25, -0.2) is 0 Å². The molecule has 0 aromatic carbocycles. The SMILES string of the molecule is O=C(CNC[C@@H]1CCCO1)N(Cc1ccsc1)[C@H]1CC12CCNCC2. The molecule has 25 heavy (non-hydrogen) atoms. The third-order valence-corrected chi connectivity index (χ3v) is 6.78. The summed E-state index contributed by atoms with van der Waals surface area (Å²) in [7, 11) is 0. The van der Waals surface area contributed by atoms with Crippen LogP contribution in [0, 0.1) is 5.41 Å². The van der Waals surface area contributed by atoms with E-state index in [4.69, 9.17) is 4.74 Å². The molecule has 1 aromatic rings. The molecule has 0 unspecified atom stereocenters. The van der Waals surface area contributed by atoms with Crippen LogP contribution in [0.25, 0.3) is 0 Å². The van der Waals surface area contributed by atoms with Gasteiger partial charge in [-0.3, -0.25) is 4.79 Å². The number of amides is 1. The van der Waals surface area contributed by atoms with Crippen LogP contribution in [0.5, 0.6) is 0 Å². The lowest BCUT2D eigenvalue weighted by Crippen LogP contribution is -2.43. The number of piperidine rings is 1. The number of rotatable bonds is 7. The first kappa shape index (κ1) is 17.5. The predicted octanol–water partition coefficient (Wildman–Crippen LogP) is 1.99. The summed E-state index contributed by atoms with van der Waals surface area (Å²) in [4.78, 5) is 15.1. The number of nitrogens with one attached hydrogen (secondary N) is 2. The second kappa shape index (κ2) is 7.74. The molecular formula is C19H29N3O2S. The predicted molar refractivity (Wildman–Crippen MR) is 99.7 cm³/mol. The van der Waals surface area contributed by atoms with Gasteiger partial charge in [0.1, 0.15) is 0 Å². The molecule has 3 heterocycles. The van der Waals surface area contributed by atoms with Gasteiger partial charge in [-0.1, -0.05) is 0 Å². The lowest BCUT2D eigenvalue weighted by molar-refractivity contribution is -0.132. The highest BCUT2D eigenvalue weighted by Crippen LogP contribution is 2.56. The fraction of sp³-hybridized carbons (Fsp3) is 0.737. The summed E-state index contributed by atoms with van der Waals surface area (Å²) in [5.74, 6) is 0.240. The molecule has 1 aromatic heterocycles. The molecule has 3 fully saturated rings. The van der Waals surface area contributed by atoms with E-state index in [9.17, 15) is 4.79 Å². The number of hydrogen-bond acceptors (Lipinski definition) is 5. The normalized spacial score (nSPS) is 27.5. The highest BCUT2D eigenvalue weighted by molar-refractivity contribution is 7.07. The average Bonchev–Trinajstić information content (AvgIpc) is 3.07. The molecule has 1 aliphatic carbocycles. The van der Waals surface area contributed by atoms with E-state index in [1.165, 1.54) is 24.8 Å². The van der Waals surface area contributed by atoms with Gasteiger partial charge in [0.05, 0.1) is 12.6 Å². The van der Waals surface area contributed by atoms with E-state index in [-0.39, 0.29) is 12.0 Å². The zero-order chi connectivity index (χ0) is 17.1. The van der Waals surface area contributed by atoms with Crippen molar-refractivity contribution in [2.75, 3.05) is 32.8 Å². The van der Waals surface area contributed by atoms with Crippen molar-refractivity contribution in [3.63, 3.8) is 0 Å². The molecule has 2 saturated heterocycles. The summed E-state index contributed by atoms with van der Waals surface area (Å²) in [5, 5.41) is 11.0. The van der Waals surface area contributed by atoms with Crippen LogP contribution in [-0.2, 0) is 16.1 Å². The lowest BCUT2D eigenvalue weighted by atomic mass is 9.93. The third kappa shape index (κ3) is 4.08. The number of thiophene rings is 1. The third-order valence-electron chi connectivity index (χ3n) is 6.05. The Hall–Kier alpha value is -0.950. The number of nitrogens with zero attached hydrogens (tertiary/aromatic N) is 1. The largest absolute Gasteiger partial charge is 0.377 e. The first-order chi connectivity index (χ1) is 12.3. The Bertz CT molecular complexity index is 565. The molecular weight excluding hydrogens is 334 g/mol. The first-order valence-electron chi connectivity index (χ1n) is 9.60. The van der Waals surface area contributed by atoms with Crippen LogP contribution >= 0.6 is 11.3 Å². The van der Waals surface area contributed by atoms with E-state index in [2.05, 4.69) is 32.4 Å². The maximum Gasteiger partial charge on any atom is 0.237 e. The van der Waals surface area contributed by atoms with Crippen LogP contribution in [-0.4, -0.2) is 55.7 Å². The summed E-state index contributed by atoms with van der Waals surface area (Å²) in [5.41, 5.74) is 1.64. The van der Waals surface area contributed by atoms with Gasteiger partial charge in [-0.15, -0.1) is 0 Å². The maximum absolute atomic E-state index is 13.0. The Labute approximate surface area is 154 Å². The van der Waals surface area contributed by atoms with E-state index in [1.54, 1.807) is 11.3 Å². The van der Waals surface area contributed by atoms with Crippen LogP contribution in [0.4, 0.5) is 0 Å². The lowest BCUT2D eigenvalue weighted by Gasteiger charge is -2.30. The molecule has 0 radical (unpaired) electrons. The van der Waals surface area contributed by atoms with Crippen LogP contribution in [0.2, 0.25) is 0 Å². The van der Waals surface area contributed by atoms with E-state index in [0.717, 1.165) is 45.6 Å². The molecule has 1 saturated carbocycles.